The van der Waals surface area contributed by atoms with E-state index < -0.39 is 0 Å². The summed E-state index contributed by atoms with van der Waals surface area (Å²) in [6, 6.07) is 4.94. The van der Waals surface area contributed by atoms with Crippen LogP contribution in [0.2, 0.25) is 0 Å². The molecule has 2 rings (SSSR count). The second kappa shape index (κ2) is 9.33. The number of carbonyl (C=O) groups is 2. The Balaban J connectivity index is 2.09. The van der Waals surface area contributed by atoms with Crippen molar-refractivity contribution in [3.63, 3.8) is 0 Å². The Morgan fingerprint density at radius 2 is 1.85 bits per heavy atom. The van der Waals surface area contributed by atoms with Gasteiger partial charge >= 0.3 is 0 Å². The standard InChI is InChI=1S/C18H24N4O4S/c1-21(2)9-8-19-16(23)13-11-27-18(20-13)22(3)17(24)12-6-7-14(25-4)15(10-12)26-5/h6-7,10-11H,8-9H2,1-5H3,(H,19,23). The molecule has 146 valence electrons. The zero-order valence-corrected chi connectivity index (χ0v) is 16.9. The van der Waals surface area contributed by atoms with E-state index >= 15 is 0 Å². The summed E-state index contributed by atoms with van der Waals surface area (Å²) in [5.74, 6) is 0.496. The maximum atomic E-state index is 12.7. The molecule has 9 heteroatoms. The lowest BCUT2D eigenvalue weighted by atomic mass is 10.2. The molecule has 1 N–H and O–H groups in total. The molecule has 0 saturated carbocycles. The lowest BCUT2D eigenvalue weighted by molar-refractivity contribution is 0.0944. The summed E-state index contributed by atoms with van der Waals surface area (Å²) >= 11 is 1.23. The average Bonchev–Trinajstić information content (AvgIpc) is 3.16. The van der Waals surface area contributed by atoms with Crippen LogP contribution in [0.3, 0.4) is 0 Å². The Hall–Kier alpha value is -2.65. The SMILES string of the molecule is COc1ccc(C(=O)N(C)c2nc(C(=O)NCCN(C)C)cs2)cc1OC. The van der Waals surface area contributed by atoms with Gasteiger partial charge in [-0.15, -0.1) is 11.3 Å². The number of methoxy groups -OCH3 is 2. The number of likely N-dealkylation sites (N-methyl/N-ethyl adjacent to an activating group) is 1. The Labute approximate surface area is 162 Å². The fourth-order valence-corrected chi connectivity index (χ4v) is 3.02. The topological polar surface area (TPSA) is 84.0 Å². The average molecular weight is 392 g/mol. The summed E-state index contributed by atoms with van der Waals surface area (Å²) in [4.78, 5) is 32.5. The van der Waals surface area contributed by atoms with Crippen LogP contribution in [0.5, 0.6) is 11.5 Å². The number of benzene rings is 1. The molecular formula is C18H24N4O4S. The molecule has 0 bridgehead atoms. The molecule has 0 aliphatic carbocycles. The van der Waals surface area contributed by atoms with Crippen LogP contribution in [0, 0.1) is 0 Å². The number of hydrogen-bond donors (Lipinski definition) is 1. The van der Waals surface area contributed by atoms with Gasteiger partial charge in [0, 0.05) is 31.1 Å². The van der Waals surface area contributed by atoms with Crippen LogP contribution >= 0.6 is 11.3 Å². The van der Waals surface area contributed by atoms with Gasteiger partial charge in [0.1, 0.15) is 5.69 Å². The number of rotatable bonds is 8. The largest absolute Gasteiger partial charge is 0.493 e. The summed E-state index contributed by atoms with van der Waals surface area (Å²) < 4.78 is 10.4. The predicted octanol–water partition coefficient (Wildman–Crippen LogP) is 1.73. The monoisotopic (exact) mass is 392 g/mol. The Morgan fingerprint density at radius 1 is 1.15 bits per heavy atom. The van der Waals surface area contributed by atoms with Gasteiger partial charge in [0.05, 0.1) is 14.2 Å². The van der Waals surface area contributed by atoms with E-state index in [9.17, 15) is 9.59 Å². The summed E-state index contributed by atoms with van der Waals surface area (Å²) in [6.45, 7) is 1.26. The second-order valence-electron chi connectivity index (χ2n) is 6.01. The number of nitrogens with zero attached hydrogens (tertiary/aromatic N) is 3. The Morgan fingerprint density at radius 3 is 2.48 bits per heavy atom. The predicted molar refractivity (Wildman–Crippen MR) is 105 cm³/mol. The van der Waals surface area contributed by atoms with Crippen molar-refractivity contribution in [3.8, 4) is 11.5 Å². The highest BCUT2D eigenvalue weighted by molar-refractivity contribution is 7.14. The fraction of sp³-hybridized carbons (Fsp3) is 0.389. The minimum Gasteiger partial charge on any atom is -0.493 e. The van der Waals surface area contributed by atoms with Crippen LogP contribution in [0.25, 0.3) is 0 Å². The van der Waals surface area contributed by atoms with Gasteiger partial charge in [0.2, 0.25) is 0 Å². The van der Waals surface area contributed by atoms with Crippen LogP contribution in [-0.2, 0) is 0 Å². The van der Waals surface area contributed by atoms with Gasteiger partial charge < -0.3 is 19.7 Å². The van der Waals surface area contributed by atoms with Gasteiger partial charge in [0.15, 0.2) is 16.6 Å². The maximum Gasteiger partial charge on any atom is 0.270 e. The smallest absolute Gasteiger partial charge is 0.270 e. The third-order valence-electron chi connectivity index (χ3n) is 3.79. The molecule has 0 unspecified atom stereocenters. The lowest BCUT2D eigenvalue weighted by Gasteiger charge is -2.15. The molecule has 0 atom stereocenters. The molecule has 1 aromatic carbocycles. The molecule has 0 fully saturated rings. The first-order valence-electron chi connectivity index (χ1n) is 8.26. The van der Waals surface area contributed by atoms with Crippen molar-refractivity contribution in [2.75, 3.05) is 53.4 Å². The number of nitrogens with one attached hydrogen (secondary N) is 1. The van der Waals surface area contributed by atoms with Crippen LogP contribution in [-0.4, -0.2) is 70.2 Å². The molecule has 27 heavy (non-hydrogen) atoms. The van der Waals surface area contributed by atoms with Gasteiger partial charge in [-0.2, -0.15) is 0 Å². The molecule has 0 aliphatic rings. The number of anilines is 1. The molecule has 0 spiro atoms. The molecule has 2 amide bonds. The van der Waals surface area contributed by atoms with Gasteiger partial charge in [0.25, 0.3) is 11.8 Å². The third-order valence-corrected chi connectivity index (χ3v) is 4.71. The van der Waals surface area contributed by atoms with E-state index in [1.807, 2.05) is 19.0 Å². The summed E-state index contributed by atoms with van der Waals surface area (Å²) in [5.41, 5.74) is 0.725. The second-order valence-corrected chi connectivity index (χ2v) is 6.84. The van der Waals surface area contributed by atoms with Crippen molar-refractivity contribution in [2.24, 2.45) is 0 Å². The first-order valence-corrected chi connectivity index (χ1v) is 9.14. The molecule has 0 radical (unpaired) electrons. The first-order chi connectivity index (χ1) is 12.9. The van der Waals surface area contributed by atoms with Crippen molar-refractivity contribution in [1.82, 2.24) is 15.2 Å². The molecule has 8 nitrogen and oxygen atoms in total. The summed E-state index contributed by atoms with van der Waals surface area (Å²) in [7, 11) is 8.53. The van der Waals surface area contributed by atoms with Crippen molar-refractivity contribution in [1.29, 1.82) is 0 Å². The van der Waals surface area contributed by atoms with E-state index in [4.69, 9.17) is 9.47 Å². The number of ether oxygens (including phenoxy) is 2. The zero-order chi connectivity index (χ0) is 20.0. The Kier molecular flexibility index (Phi) is 7.14. The van der Waals surface area contributed by atoms with Crippen LogP contribution < -0.4 is 19.7 Å². The van der Waals surface area contributed by atoms with Gasteiger partial charge in [-0.05, 0) is 32.3 Å². The molecular weight excluding hydrogens is 368 g/mol. The van der Waals surface area contributed by atoms with Gasteiger partial charge in [-0.3, -0.25) is 14.5 Å². The minimum absolute atomic E-state index is 0.258. The number of carbonyl (C=O) groups excluding carboxylic acids is 2. The first kappa shape index (κ1) is 20.7. The van der Waals surface area contributed by atoms with Crippen molar-refractivity contribution in [3.05, 3.63) is 34.8 Å². The molecule has 0 aliphatic heterocycles. The van der Waals surface area contributed by atoms with Crippen LogP contribution in [0.1, 0.15) is 20.8 Å². The highest BCUT2D eigenvalue weighted by atomic mass is 32.1. The van der Waals surface area contributed by atoms with E-state index in [1.165, 1.54) is 30.5 Å². The van der Waals surface area contributed by atoms with E-state index in [-0.39, 0.29) is 11.8 Å². The van der Waals surface area contributed by atoms with E-state index in [2.05, 4.69) is 10.3 Å². The van der Waals surface area contributed by atoms with E-state index in [0.717, 1.165) is 6.54 Å². The number of amides is 2. The third kappa shape index (κ3) is 5.18. The van der Waals surface area contributed by atoms with Gasteiger partial charge in [-0.25, -0.2) is 4.98 Å². The lowest BCUT2D eigenvalue weighted by Crippen LogP contribution is -2.31. The molecule has 1 heterocycles. The summed E-state index contributed by atoms with van der Waals surface area (Å²) in [5, 5.41) is 4.88. The Bertz CT molecular complexity index is 806. The quantitative estimate of drug-likeness (QED) is 0.737. The van der Waals surface area contributed by atoms with Crippen molar-refractivity contribution >= 4 is 28.3 Å². The highest BCUT2D eigenvalue weighted by Gasteiger charge is 2.20. The van der Waals surface area contributed by atoms with Crippen molar-refractivity contribution < 1.29 is 19.1 Å². The zero-order valence-electron chi connectivity index (χ0n) is 16.1. The molecule has 1 aromatic heterocycles. The fourth-order valence-electron chi connectivity index (χ4n) is 2.26. The van der Waals surface area contributed by atoms with E-state index in [0.29, 0.717) is 34.4 Å². The van der Waals surface area contributed by atoms with E-state index in [1.54, 1.807) is 30.6 Å². The number of aromatic nitrogens is 1. The molecule has 2 aromatic rings. The highest BCUT2D eigenvalue weighted by Crippen LogP contribution is 2.29. The minimum atomic E-state index is -0.259. The summed E-state index contributed by atoms with van der Waals surface area (Å²) in [6.07, 6.45) is 0. The van der Waals surface area contributed by atoms with Crippen LogP contribution in [0.4, 0.5) is 5.13 Å². The maximum absolute atomic E-state index is 12.7. The molecule has 0 saturated heterocycles. The normalized spacial score (nSPS) is 10.6. The number of thiazole rings is 1. The number of hydrogen-bond acceptors (Lipinski definition) is 7. The van der Waals surface area contributed by atoms with Crippen LogP contribution in [0.15, 0.2) is 23.6 Å². The van der Waals surface area contributed by atoms with Crippen molar-refractivity contribution in [2.45, 2.75) is 0 Å². The van der Waals surface area contributed by atoms with Gasteiger partial charge in [-0.1, -0.05) is 0 Å².